The van der Waals surface area contributed by atoms with E-state index >= 15 is 0 Å². The number of rotatable bonds is 4. The molecule has 4 unspecified atom stereocenters. The first-order chi connectivity index (χ1) is 9.91. The highest BCUT2D eigenvalue weighted by Crippen LogP contribution is 2.31. The molecule has 0 aromatic heterocycles. The third kappa shape index (κ3) is 3.24. The largest absolute Gasteiger partial charge is 0.340 e. The van der Waals surface area contributed by atoms with Gasteiger partial charge < -0.3 is 10.2 Å². The lowest BCUT2D eigenvalue weighted by Gasteiger charge is -2.45. The van der Waals surface area contributed by atoms with Crippen molar-refractivity contribution in [1.29, 1.82) is 0 Å². The van der Waals surface area contributed by atoms with Gasteiger partial charge in [-0.05, 0) is 44.4 Å². The molecule has 2 amide bonds. The predicted octanol–water partition coefficient (Wildman–Crippen LogP) is 2.72. The van der Waals surface area contributed by atoms with Gasteiger partial charge in [-0.2, -0.15) is 0 Å². The molecule has 0 aromatic rings. The van der Waals surface area contributed by atoms with E-state index in [9.17, 15) is 9.59 Å². The van der Waals surface area contributed by atoms with Gasteiger partial charge in [-0.25, -0.2) is 0 Å². The predicted molar refractivity (Wildman–Crippen MR) is 83.8 cm³/mol. The first-order valence-corrected chi connectivity index (χ1v) is 8.54. The zero-order chi connectivity index (χ0) is 15.6. The van der Waals surface area contributed by atoms with Crippen molar-refractivity contribution in [2.24, 2.45) is 11.8 Å². The summed E-state index contributed by atoms with van der Waals surface area (Å²) in [6, 6.07) is -0.283. The van der Waals surface area contributed by atoms with Crippen LogP contribution >= 0.6 is 0 Å². The molecule has 0 aromatic carbocycles. The second-order valence-corrected chi connectivity index (χ2v) is 7.19. The number of piperazine rings is 1. The van der Waals surface area contributed by atoms with E-state index in [4.69, 9.17) is 0 Å². The summed E-state index contributed by atoms with van der Waals surface area (Å²) in [7, 11) is 0. The fourth-order valence-electron chi connectivity index (χ4n) is 3.87. The Balaban J connectivity index is 2.15. The summed E-state index contributed by atoms with van der Waals surface area (Å²) in [5.41, 5.74) is -0.719. The van der Waals surface area contributed by atoms with Crippen LogP contribution in [0.3, 0.4) is 0 Å². The van der Waals surface area contributed by atoms with Crippen LogP contribution in [0.4, 0.5) is 0 Å². The maximum atomic E-state index is 12.9. The van der Waals surface area contributed by atoms with Crippen LogP contribution in [0.5, 0.6) is 0 Å². The van der Waals surface area contributed by atoms with Crippen LogP contribution in [0.2, 0.25) is 0 Å². The summed E-state index contributed by atoms with van der Waals surface area (Å²) < 4.78 is 0. The number of nitrogens with one attached hydrogen (secondary N) is 1. The molecule has 1 N–H and O–H groups in total. The van der Waals surface area contributed by atoms with Crippen molar-refractivity contribution in [1.82, 2.24) is 10.2 Å². The second kappa shape index (κ2) is 6.37. The van der Waals surface area contributed by atoms with Crippen LogP contribution in [0.25, 0.3) is 0 Å². The molecule has 1 heterocycles. The standard InChI is InChI=1S/C17H30N2O2/c1-5-14-15(20)18-17(4,6-2)16(21)19(14)11-13-9-7-8-12(3)10-13/h12-14H,5-11H2,1-4H3,(H,18,20). The summed E-state index contributed by atoms with van der Waals surface area (Å²) >= 11 is 0. The van der Waals surface area contributed by atoms with Gasteiger partial charge in [0, 0.05) is 6.54 Å². The first-order valence-electron chi connectivity index (χ1n) is 8.54. The lowest BCUT2D eigenvalue weighted by Crippen LogP contribution is -2.69. The van der Waals surface area contributed by atoms with Crippen molar-refractivity contribution in [2.45, 2.75) is 77.8 Å². The van der Waals surface area contributed by atoms with Gasteiger partial charge in [0.15, 0.2) is 0 Å². The van der Waals surface area contributed by atoms with Gasteiger partial charge in [0.2, 0.25) is 11.8 Å². The highest BCUT2D eigenvalue weighted by Gasteiger charge is 2.46. The van der Waals surface area contributed by atoms with Gasteiger partial charge in [-0.15, -0.1) is 0 Å². The summed E-state index contributed by atoms with van der Waals surface area (Å²) in [6.45, 7) is 8.86. The molecule has 0 bridgehead atoms. The third-order valence-corrected chi connectivity index (χ3v) is 5.40. The Hall–Kier alpha value is -1.06. The summed E-state index contributed by atoms with van der Waals surface area (Å²) in [6.07, 6.45) is 6.27. The van der Waals surface area contributed by atoms with Crippen molar-refractivity contribution in [2.75, 3.05) is 6.54 Å². The fraction of sp³-hybridized carbons (Fsp3) is 0.882. The van der Waals surface area contributed by atoms with E-state index in [0.717, 1.165) is 12.5 Å². The average Bonchev–Trinajstić information content (AvgIpc) is 2.45. The van der Waals surface area contributed by atoms with E-state index in [2.05, 4.69) is 12.2 Å². The number of hydrogen-bond donors (Lipinski definition) is 1. The lowest BCUT2D eigenvalue weighted by molar-refractivity contribution is -0.155. The van der Waals surface area contributed by atoms with E-state index < -0.39 is 5.54 Å². The number of hydrogen-bond acceptors (Lipinski definition) is 2. The first kappa shape index (κ1) is 16.3. The SMILES string of the molecule is CCC1C(=O)NC(C)(CC)C(=O)N1CC1CCCC(C)C1. The summed E-state index contributed by atoms with van der Waals surface area (Å²) in [4.78, 5) is 27.1. The number of carbonyl (C=O) groups excluding carboxylic acids is 2. The Kier molecular flexibility index (Phi) is 4.95. The fourth-order valence-corrected chi connectivity index (χ4v) is 3.87. The number of nitrogens with zero attached hydrogens (tertiary/aromatic N) is 1. The van der Waals surface area contributed by atoms with Crippen molar-refractivity contribution < 1.29 is 9.59 Å². The van der Waals surface area contributed by atoms with E-state index in [1.807, 2.05) is 25.7 Å². The summed E-state index contributed by atoms with van der Waals surface area (Å²) in [5.74, 6) is 1.42. The van der Waals surface area contributed by atoms with Crippen LogP contribution in [0.1, 0.15) is 66.2 Å². The van der Waals surface area contributed by atoms with E-state index in [1.165, 1.54) is 25.7 Å². The van der Waals surface area contributed by atoms with Gasteiger partial charge in [0.1, 0.15) is 11.6 Å². The molecular formula is C17H30N2O2. The molecule has 2 aliphatic rings. The third-order valence-electron chi connectivity index (χ3n) is 5.40. The van der Waals surface area contributed by atoms with Gasteiger partial charge in [-0.1, -0.05) is 33.6 Å². The van der Waals surface area contributed by atoms with Crippen molar-refractivity contribution >= 4 is 11.8 Å². The van der Waals surface area contributed by atoms with Crippen LogP contribution in [0, 0.1) is 11.8 Å². The minimum atomic E-state index is -0.719. The van der Waals surface area contributed by atoms with Crippen molar-refractivity contribution in [3.8, 4) is 0 Å². The molecular weight excluding hydrogens is 264 g/mol. The number of carbonyl (C=O) groups is 2. The minimum Gasteiger partial charge on any atom is -0.340 e. The molecule has 1 aliphatic heterocycles. The van der Waals surface area contributed by atoms with Gasteiger partial charge in [-0.3, -0.25) is 9.59 Å². The van der Waals surface area contributed by atoms with Gasteiger partial charge in [0.25, 0.3) is 0 Å². The molecule has 0 spiro atoms. The quantitative estimate of drug-likeness (QED) is 0.866. The van der Waals surface area contributed by atoms with Crippen molar-refractivity contribution in [3.05, 3.63) is 0 Å². The monoisotopic (exact) mass is 294 g/mol. The molecule has 0 radical (unpaired) electrons. The Bertz CT molecular complexity index is 410. The van der Waals surface area contributed by atoms with E-state index in [1.54, 1.807) is 0 Å². The topological polar surface area (TPSA) is 49.4 Å². The van der Waals surface area contributed by atoms with E-state index in [0.29, 0.717) is 18.8 Å². The molecule has 4 heteroatoms. The zero-order valence-electron chi connectivity index (χ0n) is 13.9. The highest BCUT2D eigenvalue weighted by atomic mass is 16.2. The van der Waals surface area contributed by atoms with Crippen LogP contribution in [0.15, 0.2) is 0 Å². The Morgan fingerprint density at radius 2 is 2.00 bits per heavy atom. The Morgan fingerprint density at radius 3 is 2.57 bits per heavy atom. The molecule has 1 aliphatic carbocycles. The number of amides is 2. The molecule has 2 fully saturated rings. The molecule has 4 nitrogen and oxygen atoms in total. The average molecular weight is 294 g/mol. The molecule has 21 heavy (non-hydrogen) atoms. The summed E-state index contributed by atoms with van der Waals surface area (Å²) in [5, 5.41) is 2.94. The lowest BCUT2D eigenvalue weighted by atomic mass is 9.81. The minimum absolute atomic E-state index is 0.0188. The molecule has 120 valence electrons. The van der Waals surface area contributed by atoms with E-state index in [-0.39, 0.29) is 17.9 Å². The molecule has 4 atom stereocenters. The molecule has 2 rings (SSSR count). The van der Waals surface area contributed by atoms with Gasteiger partial charge in [0.05, 0.1) is 0 Å². The maximum absolute atomic E-state index is 12.9. The smallest absolute Gasteiger partial charge is 0.248 e. The van der Waals surface area contributed by atoms with Gasteiger partial charge >= 0.3 is 0 Å². The highest BCUT2D eigenvalue weighted by molar-refractivity contribution is 5.99. The van der Waals surface area contributed by atoms with Crippen molar-refractivity contribution in [3.63, 3.8) is 0 Å². The normalized spacial score (nSPS) is 37.5. The van der Waals surface area contributed by atoms with Crippen LogP contribution in [-0.2, 0) is 9.59 Å². The molecule has 1 saturated heterocycles. The maximum Gasteiger partial charge on any atom is 0.248 e. The zero-order valence-corrected chi connectivity index (χ0v) is 13.9. The molecule has 1 saturated carbocycles. The second-order valence-electron chi connectivity index (χ2n) is 7.19. The van der Waals surface area contributed by atoms with Crippen LogP contribution in [-0.4, -0.2) is 34.8 Å². The Labute approximate surface area is 128 Å². The van der Waals surface area contributed by atoms with Crippen LogP contribution < -0.4 is 5.32 Å². The Morgan fingerprint density at radius 1 is 1.29 bits per heavy atom.